The molecule has 0 aromatic heterocycles. The summed E-state index contributed by atoms with van der Waals surface area (Å²) in [5.74, 6) is -3.09. The van der Waals surface area contributed by atoms with Crippen molar-refractivity contribution in [3.8, 4) is 0 Å². The van der Waals surface area contributed by atoms with E-state index in [4.69, 9.17) is 10.2 Å². The molecule has 0 heterocycles. The first-order chi connectivity index (χ1) is 4.45. The second-order valence-corrected chi connectivity index (χ2v) is 2.29. The Morgan fingerprint density at radius 1 is 1.40 bits per heavy atom. The molecule has 0 saturated carbocycles. The smallest absolute Gasteiger partial charge is 0.335 e. The Hall–Kier alpha value is -0.970. The third kappa shape index (κ3) is 1.30. The summed E-state index contributed by atoms with van der Waals surface area (Å²) in [7, 11) is 0. The van der Waals surface area contributed by atoms with Crippen LogP contribution in [-0.4, -0.2) is 26.9 Å². The molecule has 0 aromatic carbocycles. The van der Waals surface area contributed by atoms with E-state index >= 15 is 0 Å². The topological polar surface area (TPSA) is 74.6 Å². The fourth-order valence-corrected chi connectivity index (χ4v) is 0.266. The van der Waals surface area contributed by atoms with Gasteiger partial charge < -0.3 is 10.2 Å². The summed E-state index contributed by atoms with van der Waals surface area (Å²) in [5.41, 5.74) is 0. The molecule has 0 aliphatic carbocycles. The normalized spacial score (nSPS) is 10.5. The van der Waals surface area contributed by atoms with Gasteiger partial charge in [-0.15, -0.1) is 19.2 Å². The minimum atomic E-state index is -2.17. The van der Waals surface area contributed by atoms with Crippen LogP contribution in [0.4, 0.5) is 0 Å². The molecule has 10 heavy (non-hydrogen) atoms. The van der Waals surface area contributed by atoms with Gasteiger partial charge in [-0.2, -0.15) is 0 Å². The van der Waals surface area contributed by atoms with Crippen molar-refractivity contribution in [2.45, 2.75) is 4.75 Å². The SMILES string of the molecule is C=CC(S)(C(=O)O)C(=O)O. The number of hydrogen-bond donors (Lipinski definition) is 3. The minimum Gasteiger partial charge on any atom is -0.480 e. The van der Waals surface area contributed by atoms with E-state index in [0.29, 0.717) is 0 Å². The molecule has 0 radical (unpaired) electrons. The number of thiol groups is 1. The monoisotopic (exact) mass is 162 g/mol. The third-order valence-corrected chi connectivity index (χ3v) is 1.51. The van der Waals surface area contributed by atoms with Crippen molar-refractivity contribution in [1.29, 1.82) is 0 Å². The molecule has 0 saturated heterocycles. The van der Waals surface area contributed by atoms with Crippen LogP contribution >= 0.6 is 12.6 Å². The van der Waals surface area contributed by atoms with Crippen LogP contribution in [0, 0.1) is 0 Å². The van der Waals surface area contributed by atoms with Crippen molar-refractivity contribution in [3.63, 3.8) is 0 Å². The van der Waals surface area contributed by atoms with Crippen molar-refractivity contribution < 1.29 is 19.8 Å². The van der Waals surface area contributed by atoms with Gasteiger partial charge >= 0.3 is 11.9 Å². The van der Waals surface area contributed by atoms with Gasteiger partial charge in [-0.25, -0.2) is 9.59 Å². The van der Waals surface area contributed by atoms with E-state index in [2.05, 4.69) is 19.2 Å². The van der Waals surface area contributed by atoms with Gasteiger partial charge in [0.05, 0.1) is 0 Å². The van der Waals surface area contributed by atoms with E-state index in [-0.39, 0.29) is 0 Å². The van der Waals surface area contributed by atoms with E-state index in [1.165, 1.54) is 0 Å². The molecule has 0 aliphatic heterocycles. The predicted molar refractivity (Wildman–Crippen MR) is 37.2 cm³/mol. The summed E-state index contributed by atoms with van der Waals surface area (Å²) in [6, 6.07) is 0. The maximum atomic E-state index is 10.2. The van der Waals surface area contributed by atoms with Crippen molar-refractivity contribution in [2.75, 3.05) is 0 Å². The summed E-state index contributed by atoms with van der Waals surface area (Å²) in [5, 5.41) is 16.5. The van der Waals surface area contributed by atoms with Crippen LogP contribution in [0.3, 0.4) is 0 Å². The van der Waals surface area contributed by atoms with Crippen molar-refractivity contribution in [2.24, 2.45) is 0 Å². The maximum Gasteiger partial charge on any atom is 0.335 e. The molecule has 0 aliphatic rings. The first-order valence-electron chi connectivity index (χ1n) is 2.28. The maximum absolute atomic E-state index is 10.2. The van der Waals surface area contributed by atoms with Crippen molar-refractivity contribution >= 4 is 24.6 Å². The van der Waals surface area contributed by atoms with E-state index in [1.54, 1.807) is 0 Å². The summed E-state index contributed by atoms with van der Waals surface area (Å²) in [6.45, 7) is 3.04. The zero-order chi connectivity index (χ0) is 8.36. The second kappa shape index (κ2) is 2.74. The zero-order valence-corrected chi connectivity index (χ0v) is 5.84. The third-order valence-electron chi connectivity index (χ3n) is 0.948. The van der Waals surface area contributed by atoms with Gasteiger partial charge in [0.15, 0.2) is 0 Å². The molecule has 56 valence electrons. The summed E-state index contributed by atoms with van der Waals surface area (Å²) in [6.07, 6.45) is 0.751. The number of carbonyl (C=O) groups is 2. The molecule has 0 spiro atoms. The second-order valence-electron chi connectivity index (χ2n) is 1.58. The number of carboxylic acids is 2. The van der Waals surface area contributed by atoms with Gasteiger partial charge in [-0.1, -0.05) is 6.08 Å². The lowest BCUT2D eigenvalue weighted by atomic mass is 10.1. The van der Waals surface area contributed by atoms with E-state index in [9.17, 15) is 9.59 Å². The Kier molecular flexibility index (Phi) is 2.48. The highest BCUT2D eigenvalue weighted by Crippen LogP contribution is 2.15. The Bertz CT molecular complexity index is 172. The fraction of sp³-hybridized carbons (Fsp3) is 0.200. The van der Waals surface area contributed by atoms with Gasteiger partial charge in [0, 0.05) is 0 Å². The van der Waals surface area contributed by atoms with Crippen LogP contribution in [0.2, 0.25) is 0 Å². The molecule has 0 bridgehead atoms. The molecule has 0 rings (SSSR count). The molecule has 0 aromatic rings. The van der Waals surface area contributed by atoms with E-state index in [1.807, 2.05) is 0 Å². The highest BCUT2D eigenvalue weighted by Gasteiger charge is 2.39. The van der Waals surface area contributed by atoms with Crippen LogP contribution in [0.1, 0.15) is 0 Å². The first kappa shape index (κ1) is 9.03. The molecule has 4 nitrogen and oxygen atoms in total. The van der Waals surface area contributed by atoms with Gasteiger partial charge in [0.2, 0.25) is 4.75 Å². The molecule has 0 atom stereocenters. The van der Waals surface area contributed by atoms with Crippen LogP contribution in [-0.2, 0) is 9.59 Å². The lowest BCUT2D eigenvalue weighted by Gasteiger charge is -2.11. The fourth-order valence-electron chi connectivity index (χ4n) is 0.266. The minimum absolute atomic E-state index is 0.751. The van der Waals surface area contributed by atoms with Crippen LogP contribution in [0.5, 0.6) is 0 Å². The van der Waals surface area contributed by atoms with Gasteiger partial charge in [-0.05, 0) is 0 Å². The largest absolute Gasteiger partial charge is 0.480 e. The molecule has 0 amide bonds. The van der Waals surface area contributed by atoms with E-state index in [0.717, 1.165) is 6.08 Å². The van der Waals surface area contributed by atoms with Crippen molar-refractivity contribution in [3.05, 3.63) is 12.7 Å². The van der Waals surface area contributed by atoms with Crippen LogP contribution < -0.4 is 0 Å². The lowest BCUT2D eigenvalue weighted by Crippen LogP contribution is -2.38. The lowest BCUT2D eigenvalue weighted by molar-refractivity contribution is -0.149. The molecular weight excluding hydrogens is 156 g/mol. The highest BCUT2D eigenvalue weighted by molar-refractivity contribution is 7.84. The molecule has 0 unspecified atom stereocenters. The highest BCUT2D eigenvalue weighted by atomic mass is 32.1. The molecule has 2 N–H and O–H groups in total. The summed E-state index contributed by atoms with van der Waals surface area (Å²) in [4.78, 5) is 20.3. The average Bonchev–Trinajstić information content (AvgIpc) is 1.85. The van der Waals surface area contributed by atoms with Gasteiger partial charge in [0.25, 0.3) is 0 Å². The van der Waals surface area contributed by atoms with Gasteiger partial charge in [0.1, 0.15) is 0 Å². The first-order valence-corrected chi connectivity index (χ1v) is 2.72. The predicted octanol–water partition coefficient (Wildman–Crippen LogP) is 0.0102. The summed E-state index contributed by atoms with van der Waals surface area (Å²) < 4.78 is -2.17. The molecular formula is C5H6O4S. The number of aliphatic carboxylic acids is 2. The van der Waals surface area contributed by atoms with Crippen molar-refractivity contribution in [1.82, 2.24) is 0 Å². The zero-order valence-electron chi connectivity index (χ0n) is 4.94. The Labute approximate surface area is 62.6 Å². The van der Waals surface area contributed by atoms with Crippen LogP contribution in [0.25, 0.3) is 0 Å². The Morgan fingerprint density at radius 2 is 1.70 bits per heavy atom. The van der Waals surface area contributed by atoms with E-state index < -0.39 is 16.7 Å². The number of hydrogen-bond acceptors (Lipinski definition) is 3. The molecule has 5 heteroatoms. The molecule has 0 fully saturated rings. The number of rotatable bonds is 3. The van der Waals surface area contributed by atoms with Gasteiger partial charge in [-0.3, -0.25) is 0 Å². The van der Waals surface area contributed by atoms with Crippen LogP contribution in [0.15, 0.2) is 12.7 Å². The quantitative estimate of drug-likeness (QED) is 0.310. The average molecular weight is 162 g/mol. The summed E-state index contributed by atoms with van der Waals surface area (Å²) >= 11 is 3.39. The Balaban J connectivity index is 4.72. The number of carboxylic acid groups (broad SMARTS) is 2. The Morgan fingerprint density at radius 3 is 1.70 bits per heavy atom. The standard InChI is InChI=1S/C5H6O4S/c1-2-5(10,3(6)7)4(8)9/h2,10H,1H2,(H,6,7)(H,8,9).